The zero-order valence-electron chi connectivity index (χ0n) is 11.6. The average Bonchev–Trinajstić information content (AvgIpc) is 2.88. The van der Waals surface area contributed by atoms with Crippen molar-refractivity contribution in [3.63, 3.8) is 0 Å². The van der Waals surface area contributed by atoms with Crippen molar-refractivity contribution in [2.45, 2.75) is 44.6 Å². The fourth-order valence-corrected chi connectivity index (χ4v) is 2.92. The molecule has 2 nitrogen and oxygen atoms in total. The molecule has 2 unspecified atom stereocenters. The van der Waals surface area contributed by atoms with E-state index in [1.54, 1.807) is 0 Å². The van der Waals surface area contributed by atoms with E-state index in [4.69, 9.17) is 4.74 Å². The molecule has 18 heavy (non-hydrogen) atoms. The van der Waals surface area contributed by atoms with Gasteiger partial charge in [0, 0.05) is 13.2 Å². The fraction of sp³-hybridized carbons (Fsp3) is 0.625. The summed E-state index contributed by atoms with van der Waals surface area (Å²) in [4.78, 5) is 0. The molecule has 2 atom stereocenters. The molecule has 0 saturated carbocycles. The lowest BCUT2D eigenvalue weighted by Crippen LogP contribution is -2.19. The van der Waals surface area contributed by atoms with E-state index in [-0.39, 0.29) is 0 Å². The fourth-order valence-electron chi connectivity index (χ4n) is 2.92. The molecule has 1 aromatic rings. The van der Waals surface area contributed by atoms with Gasteiger partial charge in [-0.3, -0.25) is 0 Å². The summed E-state index contributed by atoms with van der Waals surface area (Å²) in [5.74, 6) is 0.611. The number of benzene rings is 1. The van der Waals surface area contributed by atoms with Crippen LogP contribution in [0, 0.1) is 6.92 Å². The molecular formula is C16H25NO. The Morgan fingerprint density at radius 1 is 1.39 bits per heavy atom. The smallest absolute Gasteiger partial charge is 0.0576 e. The number of hydrogen-bond donors (Lipinski definition) is 1. The van der Waals surface area contributed by atoms with Crippen molar-refractivity contribution in [2.24, 2.45) is 0 Å². The van der Waals surface area contributed by atoms with Crippen molar-refractivity contribution >= 4 is 0 Å². The van der Waals surface area contributed by atoms with Gasteiger partial charge in [-0.15, -0.1) is 0 Å². The second kappa shape index (κ2) is 6.91. The summed E-state index contributed by atoms with van der Waals surface area (Å²) in [6.45, 7) is 4.23. The molecule has 1 N–H and O–H groups in total. The minimum absolute atomic E-state index is 0.508. The van der Waals surface area contributed by atoms with Crippen LogP contribution in [-0.4, -0.2) is 26.3 Å². The van der Waals surface area contributed by atoms with Crippen molar-refractivity contribution in [1.29, 1.82) is 0 Å². The quantitative estimate of drug-likeness (QED) is 0.833. The maximum atomic E-state index is 5.73. The molecule has 2 rings (SSSR count). The van der Waals surface area contributed by atoms with Crippen LogP contribution >= 0.6 is 0 Å². The number of aryl methyl sites for hydroxylation is 1. The van der Waals surface area contributed by atoms with Crippen LogP contribution in [-0.2, 0) is 4.74 Å². The van der Waals surface area contributed by atoms with Gasteiger partial charge in [-0.2, -0.15) is 0 Å². The Hall–Kier alpha value is -0.860. The molecule has 1 aromatic carbocycles. The van der Waals surface area contributed by atoms with Crippen LogP contribution in [0.3, 0.4) is 0 Å². The SMILES string of the molecule is CNCC(CCC1CCCO1)c1ccccc1C. The predicted octanol–water partition coefficient (Wildman–Crippen LogP) is 3.26. The van der Waals surface area contributed by atoms with Gasteiger partial charge in [0.1, 0.15) is 0 Å². The highest BCUT2D eigenvalue weighted by Crippen LogP contribution is 2.27. The molecule has 0 radical (unpaired) electrons. The molecule has 1 fully saturated rings. The lowest BCUT2D eigenvalue weighted by atomic mass is 9.89. The van der Waals surface area contributed by atoms with E-state index in [1.807, 2.05) is 7.05 Å². The van der Waals surface area contributed by atoms with Gasteiger partial charge >= 0.3 is 0 Å². The zero-order chi connectivity index (χ0) is 12.8. The van der Waals surface area contributed by atoms with E-state index < -0.39 is 0 Å². The third-order valence-corrected chi connectivity index (χ3v) is 3.94. The maximum Gasteiger partial charge on any atom is 0.0576 e. The van der Waals surface area contributed by atoms with E-state index in [0.717, 1.165) is 13.2 Å². The van der Waals surface area contributed by atoms with E-state index in [1.165, 1.54) is 36.8 Å². The molecule has 100 valence electrons. The Balaban J connectivity index is 1.96. The summed E-state index contributed by atoms with van der Waals surface area (Å²) in [5.41, 5.74) is 2.90. The highest BCUT2D eigenvalue weighted by atomic mass is 16.5. The van der Waals surface area contributed by atoms with Crippen molar-refractivity contribution < 1.29 is 4.74 Å². The molecule has 1 saturated heterocycles. The zero-order valence-corrected chi connectivity index (χ0v) is 11.6. The Bertz CT molecular complexity index is 358. The van der Waals surface area contributed by atoms with E-state index in [0.29, 0.717) is 12.0 Å². The highest BCUT2D eigenvalue weighted by Gasteiger charge is 2.19. The Morgan fingerprint density at radius 2 is 2.22 bits per heavy atom. The number of nitrogens with one attached hydrogen (secondary N) is 1. The van der Waals surface area contributed by atoms with E-state index in [9.17, 15) is 0 Å². The molecular weight excluding hydrogens is 222 g/mol. The molecule has 2 heteroatoms. The third-order valence-electron chi connectivity index (χ3n) is 3.94. The van der Waals surface area contributed by atoms with Gasteiger partial charge < -0.3 is 10.1 Å². The Morgan fingerprint density at radius 3 is 2.89 bits per heavy atom. The van der Waals surface area contributed by atoms with Gasteiger partial charge in [0.05, 0.1) is 6.10 Å². The second-order valence-electron chi connectivity index (χ2n) is 5.32. The highest BCUT2D eigenvalue weighted by molar-refractivity contribution is 5.29. The Labute approximate surface area is 111 Å². The van der Waals surface area contributed by atoms with Gasteiger partial charge in [0.2, 0.25) is 0 Å². The van der Waals surface area contributed by atoms with Crippen LogP contribution in [0.25, 0.3) is 0 Å². The minimum Gasteiger partial charge on any atom is -0.378 e. The monoisotopic (exact) mass is 247 g/mol. The van der Waals surface area contributed by atoms with Crippen LogP contribution in [0.15, 0.2) is 24.3 Å². The van der Waals surface area contributed by atoms with Crippen molar-refractivity contribution in [1.82, 2.24) is 5.32 Å². The standard InChI is InChI=1S/C16H25NO/c1-13-6-3-4-8-16(13)14(12-17-2)9-10-15-7-5-11-18-15/h3-4,6,8,14-15,17H,5,7,9-12H2,1-2H3. The first-order valence-electron chi connectivity index (χ1n) is 7.13. The molecule has 1 aliphatic rings. The number of hydrogen-bond acceptors (Lipinski definition) is 2. The summed E-state index contributed by atoms with van der Waals surface area (Å²) < 4.78 is 5.73. The normalized spacial score (nSPS) is 21.1. The van der Waals surface area contributed by atoms with Gasteiger partial charge in [0.15, 0.2) is 0 Å². The number of ether oxygens (including phenoxy) is 1. The van der Waals surface area contributed by atoms with Gasteiger partial charge in [-0.25, -0.2) is 0 Å². The molecule has 0 bridgehead atoms. The summed E-state index contributed by atoms with van der Waals surface area (Å²) in [6.07, 6.45) is 5.41. The van der Waals surface area contributed by atoms with Crippen LogP contribution in [0.1, 0.15) is 42.7 Å². The Kier molecular flexibility index (Phi) is 5.21. The number of likely N-dealkylation sites (N-methyl/N-ethyl adjacent to an activating group) is 1. The van der Waals surface area contributed by atoms with Crippen LogP contribution in [0.4, 0.5) is 0 Å². The average molecular weight is 247 g/mol. The van der Waals surface area contributed by atoms with E-state index >= 15 is 0 Å². The lowest BCUT2D eigenvalue weighted by Gasteiger charge is -2.20. The van der Waals surface area contributed by atoms with Gasteiger partial charge in [-0.1, -0.05) is 24.3 Å². The minimum atomic E-state index is 0.508. The molecule has 0 aliphatic carbocycles. The first kappa shape index (κ1) is 13.6. The molecule has 0 aromatic heterocycles. The van der Waals surface area contributed by atoms with Crippen molar-refractivity contribution in [3.05, 3.63) is 35.4 Å². The molecule has 1 aliphatic heterocycles. The predicted molar refractivity (Wildman–Crippen MR) is 76.1 cm³/mol. The van der Waals surface area contributed by atoms with Gasteiger partial charge in [-0.05, 0) is 56.7 Å². The van der Waals surface area contributed by atoms with E-state index in [2.05, 4.69) is 36.5 Å². The molecule has 0 spiro atoms. The summed E-state index contributed by atoms with van der Waals surface area (Å²) in [5, 5.41) is 3.33. The largest absolute Gasteiger partial charge is 0.378 e. The topological polar surface area (TPSA) is 21.3 Å². The third kappa shape index (κ3) is 3.56. The lowest BCUT2D eigenvalue weighted by molar-refractivity contribution is 0.101. The van der Waals surface area contributed by atoms with Crippen LogP contribution in [0.5, 0.6) is 0 Å². The van der Waals surface area contributed by atoms with Crippen LogP contribution < -0.4 is 5.32 Å². The van der Waals surface area contributed by atoms with Crippen molar-refractivity contribution in [3.8, 4) is 0 Å². The summed E-state index contributed by atoms with van der Waals surface area (Å²) in [6, 6.07) is 8.75. The molecule has 0 amide bonds. The summed E-state index contributed by atoms with van der Waals surface area (Å²) in [7, 11) is 2.04. The first-order valence-corrected chi connectivity index (χ1v) is 7.13. The summed E-state index contributed by atoms with van der Waals surface area (Å²) >= 11 is 0. The van der Waals surface area contributed by atoms with Gasteiger partial charge in [0.25, 0.3) is 0 Å². The second-order valence-corrected chi connectivity index (χ2v) is 5.32. The first-order chi connectivity index (χ1) is 8.81. The maximum absolute atomic E-state index is 5.73. The van der Waals surface area contributed by atoms with Crippen LogP contribution in [0.2, 0.25) is 0 Å². The van der Waals surface area contributed by atoms with Crippen molar-refractivity contribution in [2.75, 3.05) is 20.2 Å². The molecule has 1 heterocycles. The number of rotatable bonds is 6.